The second kappa shape index (κ2) is 2.90. The molecule has 12 heavy (non-hydrogen) atoms. The van der Waals surface area contributed by atoms with Crippen LogP contribution in [-0.2, 0) is 7.05 Å². The molecule has 1 aliphatic heterocycles. The Morgan fingerprint density at radius 2 is 2.08 bits per heavy atom. The summed E-state index contributed by atoms with van der Waals surface area (Å²) in [6.07, 6.45) is 2.53. The Bertz CT molecular complexity index is 320. The van der Waals surface area contributed by atoms with Crippen LogP contribution in [-0.4, -0.2) is 27.9 Å². The summed E-state index contributed by atoms with van der Waals surface area (Å²) >= 11 is 5.03. The normalized spacial score (nSPS) is 17.2. The summed E-state index contributed by atoms with van der Waals surface area (Å²) in [4.78, 5) is 2.26. The van der Waals surface area contributed by atoms with Gasteiger partial charge in [-0.1, -0.05) is 0 Å². The van der Waals surface area contributed by atoms with Crippen LogP contribution in [0.15, 0.2) is 0 Å². The summed E-state index contributed by atoms with van der Waals surface area (Å²) in [6, 6.07) is 0. The van der Waals surface area contributed by atoms with E-state index >= 15 is 0 Å². The number of nitrogens with one attached hydrogen (secondary N) is 1. The van der Waals surface area contributed by atoms with Crippen LogP contribution in [0, 0.1) is 4.77 Å². The predicted molar refractivity (Wildman–Crippen MR) is 49.8 cm³/mol. The molecule has 2 rings (SSSR count). The number of H-pyrrole nitrogens is 1. The van der Waals surface area contributed by atoms with Crippen molar-refractivity contribution in [2.75, 3.05) is 18.0 Å². The van der Waals surface area contributed by atoms with Gasteiger partial charge in [0.2, 0.25) is 5.95 Å². The Labute approximate surface area is 76.2 Å². The minimum absolute atomic E-state index is 0.692. The van der Waals surface area contributed by atoms with Gasteiger partial charge in [-0.05, 0) is 25.1 Å². The number of anilines is 1. The molecule has 1 N–H and O–H groups in total. The van der Waals surface area contributed by atoms with E-state index in [1.807, 2.05) is 11.6 Å². The molecule has 2 heterocycles. The van der Waals surface area contributed by atoms with Crippen molar-refractivity contribution in [1.29, 1.82) is 0 Å². The molecule has 0 saturated carbocycles. The van der Waals surface area contributed by atoms with E-state index in [2.05, 4.69) is 15.1 Å². The molecule has 0 spiro atoms. The smallest absolute Gasteiger partial charge is 0.225 e. The second-order valence-electron chi connectivity index (χ2n) is 3.08. The SMILES string of the molecule is Cn1c(N2CCCC2)n[nH]c1=S. The van der Waals surface area contributed by atoms with E-state index in [9.17, 15) is 0 Å². The molecule has 0 radical (unpaired) electrons. The Hall–Kier alpha value is -0.840. The predicted octanol–water partition coefficient (Wildman–Crippen LogP) is 1.08. The number of aromatic nitrogens is 3. The zero-order valence-corrected chi connectivity index (χ0v) is 7.89. The third-order valence-electron chi connectivity index (χ3n) is 2.25. The highest BCUT2D eigenvalue weighted by Crippen LogP contribution is 2.16. The lowest BCUT2D eigenvalue weighted by Gasteiger charge is -2.14. The van der Waals surface area contributed by atoms with Crippen molar-refractivity contribution < 1.29 is 0 Å². The molecule has 1 saturated heterocycles. The lowest BCUT2D eigenvalue weighted by atomic mass is 10.4. The van der Waals surface area contributed by atoms with Crippen molar-refractivity contribution in [3.8, 4) is 0 Å². The molecule has 0 amide bonds. The van der Waals surface area contributed by atoms with Crippen LogP contribution in [0.3, 0.4) is 0 Å². The molecule has 0 bridgehead atoms. The summed E-state index contributed by atoms with van der Waals surface area (Å²) in [6.45, 7) is 2.21. The van der Waals surface area contributed by atoms with E-state index < -0.39 is 0 Å². The van der Waals surface area contributed by atoms with Gasteiger partial charge in [0.25, 0.3) is 0 Å². The number of hydrogen-bond donors (Lipinski definition) is 1. The van der Waals surface area contributed by atoms with E-state index in [4.69, 9.17) is 12.2 Å². The average molecular weight is 184 g/mol. The van der Waals surface area contributed by atoms with Crippen LogP contribution in [0.2, 0.25) is 0 Å². The molecule has 5 heteroatoms. The summed E-state index contributed by atoms with van der Waals surface area (Å²) in [7, 11) is 1.94. The van der Waals surface area contributed by atoms with Crippen molar-refractivity contribution in [2.24, 2.45) is 7.05 Å². The fourth-order valence-electron chi connectivity index (χ4n) is 1.54. The summed E-state index contributed by atoms with van der Waals surface area (Å²) < 4.78 is 2.61. The minimum Gasteiger partial charge on any atom is -0.341 e. The van der Waals surface area contributed by atoms with E-state index in [0.717, 1.165) is 19.0 Å². The Kier molecular flexibility index (Phi) is 1.88. The maximum atomic E-state index is 5.03. The summed E-state index contributed by atoms with van der Waals surface area (Å²) in [5, 5.41) is 6.96. The van der Waals surface area contributed by atoms with Crippen LogP contribution in [0.1, 0.15) is 12.8 Å². The van der Waals surface area contributed by atoms with Crippen molar-refractivity contribution in [1.82, 2.24) is 14.8 Å². The summed E-state index contributed by atoms with van der Waals surface area (Å²) in [5.41, 5.74) is 0. The molecular weight excluding hydrogens is 172 g/mol. The number of nitrogens with zero attached hydrogens (tertiary/aromatic N) is 3. The van der Waals surface area contributed by atoms with Gasteiger partial charge in [0, 0.05) is 20.1 Å². The van der Waals surface area contributed by atoms with Crippen molar-refractivity contribution in [3.63, 3.8) is 0 Å². The molecule has 0 atom stereocenters. The second-order valence-corrected chi connectivity index (χ2v) is 3.47. The first kappa shape index (κ1) is 7.79. The first-order chi connectivity index (χ1) is 5.79. The van der Waals surface area contributed by atoms with E-state index in [-0.39, 0.29) is 0 Å². The van der Waals surface area contributed by atoms with Crippen LogP contribution in [0.4, 0.5) is 5.95 Å². The maximum absolute atomic E-state index is 5.03. The van der Waals surface area contributed by atoms with Gasteiger partial charge in [-0.3, -0.25) is 4.57 Å². The number of aromatic amines is 1. The largest absolute Gasteiger partial charge is 0.341 e. The lowest BCUT2D eigenvalue weighted by Crippen LogP contribution is -2.21. The molecule has 0 aromatic carbocycles. The highest BCUT2D eigenvalue weighted by Gasteiger charge is 2.16. The lowest BCUT2D eigenvalue weighted by molar-refractivity contribution is 0.816. The van der Waals surface area contributed by atoms with Crippen molar-refractivity contribution >= 4 is 18.2 Å². The molecule has 66 valence electrons. The zero-order valence-electron chi connectivity index (χ0n) is 7.08. The third kappa shape index (κ3) is 1.14. The Morgan fingerprint density at radius 1 is 1.42 bits per heavy atom. The van der Waals surface area contributed by atoms with Gasteiger partial charge < -0.3 is 4.90 Å². The minimum atomic E-state index is 0.692. The van der Waals surface area contributed by atoms with Crippen LogP contribution < -0.4 is 4.90 Å². The third-order valence-corrected chi connectivity index (χ3v) is 2.61. The number of hydrogen-bond acceptors (Lipinski definition) is 3. The maximum Gasteiger partial charge on any atom is 0.225 e. The van der Waals surface area contributed by atoms with Crippen LogP contribution in [0.5, 0.6) is 0 Å². The highest BCUT2D eigenvalue weighted by atomic mass is 32.1. The van der Waals surface area contributed by atoms with Gasteiger partial charge in [0.1, 0.15) is 0 Å². The van der Waals surface area contributed by atoms with E-state index in [1.165, 1.54) is 12.8 Å². The average Bonchev–Trinajstić information content (AvgIpc) is 2.64. The number of rotatable bonds is 1. The monoisotopic (exact) mass is 184 g/mol. The fourth-order valence-corrected chi connectivity index (χ4v) is 1.67. The van der Waals surface area contributed by atoms with Gasteiger partial charge >= 0.3 is 0 Å². The zero-order chi connectivity index (χ0) is 8.55. The van der Waals surface area contributed by atoms with Gasteiger partial charge in [0.15, 0.2) is 4.77 Å². The Morgan fingerprint density at radius 3 is 2.58 bits per heavy atom. The molecule has 1 fully saturated rings. The molecule has 0 aliphatic carbocycles. The molecular formula is C7H12N4S. The van der Waals surface area contributed by atoms with E-state index in [1.54, 1.807) is 0 Å². The topological polar surface area (TPSA) is 36.9 Å². The van der Waals surface area contributed by atoms with Gasteiger partial charge in [-0.15, -0.1) is 5.10 Å². The first-order valence-electron chi connectivity index (χ1n) is 4.15. The summed E-state index contributed by atoms with van der Waals surface area (Å²) in [5.74, 6) is 0.970. The van der Waals surface area contributed by atoms with Crippen molar-refractivity contribution in [2.45, 2.75) is 12.8 Å². The molecule has 1 aromatic rings. The van der Waals surface area contributed by atoms with Gasteiger partial charge in [-0.2, -0.15) is 0 Å². The van der Waals surface area contributed by atoms with Crippen LogP contribution >= 0.6 is 12.2 Å². The van der Waals surface area contributed by atoms with Crippen molar-refractivity contribution in [3.05, 3.63) is 4.77 Å². The Balaban J connectivity index is 2.32. The quantitative estimate of drug-likeness (QED) is 0.663. The highest BCUT2D eigenvalue weighted by molar-refractivity contribution is 7.71. The van der Waals surface area contributed by atoms with E-state index in [0.29, 0.717) is 4.77 Å². The standard InChI is InChI=1S/C7H12N4S/c1-10-6(8-9-7(10)12)11-4-2-3-5-11/h2-5H2,1H3,(H,9,12). The van der Waals surface area contributed by atoms with Gasteiger partial charge in [-0.25, -0.2) is 5.10 Å². The molecule has 4 nitrogen and oxygen atoms in total. The molecule has 0 unspecified atom stereocenters. The molecule has 1 aliphatic rings. The molecule has 1 aromatic heterocycles. The van der Waals surface area contributed by atoms with Crippen LogP contribution in [0.25, 0.3) is 0 Å². The van der Waals surface area contributed by atoms with Gasteiger partial charge in [0.05, 0.1) is 0 Å². The fraction of sp³-hybridized carbons (Fsp3) is 0.714. The first-order valence-corrected chi connectivity index (χ1v) is 4.56.